The molecule has 1 unspecified atom stereocenters. The van der Waals surface area contributed by atoms with Crippen LogP contribution in [0.15, 0.2) is 24.3 Å². The minimum Gasteiger partial charge on any atom is -0.465 e. The molecule has 0 aliphatic rings. The summed E-state index contributed by atoms with van der Waals surface area (Å²) in [6, 6.07) is 5.80. The second-order valence-corrected chi connectivity index (χ2v) is 3.91. The van der Waals surface area contributed by atoms with Gasteiger partial charge in [0.25, 0.3) is 0 Å². The normalized spacial score (nSPS) is 14.1. The first-order valence-electron chi connectivity index (χ1n) is 5.72. The lowest BCUT2D eigenvalue weighted by atomic mass is 10.1. The number of carbonyl (C=O) groups is 1. The summed E-state index contributed by atoms with van der Waals surface area (Å²) in [5.41, 5.74) is 0.933. The standard InChI is InChI=1S/C13H18FNO2/c1-4-17-13(16)10(3)15-9(2)11-5-7-12(14)8-6-11/h5-10,15H,4H2,1-3H3/t9-,10?/m1/s1. The molecule has 4 heteroatoms. The third kappa shape index (κ3) is 4.15. The molecule has 0 aliphatic carbocycles. The Morgan fingerprint density at radius 3 is 2.47 bits per heavy atom. The van der Waals surface area contributed by atoms with Crippen LogP contribution in [-0.4, -0.2) is 18.6 Å². The molecule has 0 radical (unpaired) electrons. The van der Waals surface area contributed by atoms with E-state index < -0.39 is 0 Å². The zero-order valence-corrected chi connectivity index (χ0v) is 10.4. The summed E-state index contributed by atoms with van der Waals surface area (Å²) in [6.45, 7) is 5.81. The van der Waals surface area contributed by atoms with Gasteiger partial charge in [-0.15, -0.1) is 0 Å². The second kappa shape index (κ2) is 6.35. The molecular weight excluding hydrogens is 221 g/mol. The van der Waals surface area contributed by atoms with Crippen molar-refractivity contribution in [2.24, 2.45) is 0 Å². The number of rotatable bonds is 5. The van der Waals surface area contributed by atoms with Gasteiger partial charge in [0.1, 0.15) is 11.9 Å². The van der Waals surface area contributed by atoms with Gasteiger partial charge >= 0.3 is 5.97 Å². The van der Waals surface area contributed by atoms with Crippen molar-refractivity contribution in [3.05, 3.63) is 35.6 Å². The molecule has 0 heterocycles. The first-order chi connectivity index (χ1) is 8.04. The van der Waals surface area contributed by atoms with Gasteiger partial charge in [-0.3, -0.25) is 10.1 Å². The Kier molecular flexibility index (Phi) is 5.10. The van der Waals surface area contributed by atoms with Crippen LogP contribution < -0.4 is 5.32 Å². The second-order valence-electron chi connectivity index (χ2n) is 3.91. The fourth-order valence-electron chi connectivity index (χ4n) is 1.56. The maximum atomic E-state index is 12.7. The fraction of sp³-hybridized carbons (Fsp3) is 0.462. The lowest BCUT2D eigenvalue weighted by molar-refractivity contribution is -0.145. The largest absolute Gasteiger partial charge is 0.465 e. The van der Waals surface area contributed by atoms with Crippen molar-refractivity contribution in [2.45, 2.75) is 32.9 Å². The van der Waals surface area contributed by atoms with Gasteiger partial charge in [0, 0.05) is 6.04 Å². The average Bonchev–Trinajstić information content (AvgIpc) is 2.30. The minimum atomic E-state index is -0.380. The lowest BCUT2D eigenvalue weighted by Gasteiger charge is -2.19. The minimum absolute atomic E-state index is 0.0324. The van der Waals surface area contributed by atoms with Crippen LogP contribution in [0.3, 0.4) is 0 Å². The Balaban J connectivity index is 2.56. The zero-order valence-electron chi connectivity index (χ0n) is 10.4. The molecule has 0 amide bonds. The highest BCUT2D eigenvalue weighted by molar-refractivity contribution is 5.75. The molecule has 1 N–H and O–H groups in total. The SMILES string of the molecule is CCOC(=O)C(C)N[C@H](C)c1ccc(F)cc1. The maximum absolute atomic E-state index is 12.7. The number of carbonyl (C=O) groups excluding carboxylic acids is 1. The van der Waals surface area contributed by atoms with Crippen LogP contribution in [0.4, 0.5) is 4.39 Å². The van der Waals surface area contributed by atoms with Crippen LogP contribution >= 0.6 is 0 Å². The molecule has 1 aromatic carbocycles. The highest BCUT2D eigenvalue weighted by atomic mass is 19.1. The highest BCUT2D eigenvalue weighted by Crippen LogP contribution is 2.13. The number of benzene rings is 1. The summed E-state index contributed by atoms with van der Waals surface area (Å²) in [5.74, 6) is -0.541. The van der Waals surface area contributed by atoms with E-state index in [1.165, 1.54) is 12.1 Å². The number of halogens is 1. The van der Waals surface area contributed by atoms with Crippen molar-refractivity contribution in [3.63, 3.8) is 0 Å². The van der Waals surface area contributed by atoms with Crippen molar-refractivity contribution in [1.29, 1.82) is 0 Å². The number of esters is 1. The quantitative estimate of drug-likeness (QED) is 0.802. The molecule has 3 nitrogen and oxygen atoms in total. The van der Waals surface area contributed by atoms with Crippen molar-refractivity contribution in [1.82, 2.24) is 5.32 Å². The molecule has 0 spiro atoms. The van der Waals surface area contributed by atoms with Crippen LogP contribution in [0.2, 0.25) is 0 Å². The van der Waals surface area contributed by atoms with E-state index >= 15 is 0 Å². The summed E-state index contributed by atoms with van der Waals surface area (Å²) < 4.78 is 17.6. The topological polar surface area (TPSA) is 38.3 Å². The lowest BCUT2D eigenvalue weighted by Crippen LogP contribution is -2.37. The van der Waals surface area contributed by atoms with E-state index in [4.69, 9.17) is 4.74 Å². The Morgan fingerprint density at radius 1 is 1.35 bits per heavy atom. The predicted octanol–water partition coefficient (Wildman–Crippen LogP) is 2.43. The first kappa shape index (κ1) is 13.6. The number of nitrogens with one attached hydrogen (secondary N) is 1. The van der Waals surface area contributed by atoms with Gasteiger partial charge in [-0.05, 0) is 38.5 Å². The van der Waals surface area contributed by atoms with E-state index in [1.807, 2.05) is 6.92 Å². The van der Waals surface area contributed by atoms with Crippen LogP contribution in [0.25, 0.3) is 0 Å². The Morgan fingerprint density at radius 2 is 1.94 bits per heavy atom. The molecular formula is C13H18FNO2. The summed E-state index contributed by atoms with van der Waals surface area (Å²) in [5, 5.41) is 3.10. The smallest absolute Gasteiger partial charge is 0.322 e. The van der Waals surface area contributed by atoms with Crippen molar-refractivity contribution in [3.8, 4) is 0 Å². The molecule has 0 aromatic heterocycles. The van der Waals surface area contributed by atoms with E-state index in [1.54, 1.807) is 26.0 Å². The molecule has 1 rings (SSSR count). The summed E-state index contributed by atoms with van der Waals surface area (Å²) in [6.07, 6.45) is 0. The molecule has 94 valence electrons. The van der Waals surface area contributed by atoms with Gasteiger partial charge in [-0.2, -0.15) is 0 Å². The van der Waals surface area contributed by atoms with Gasteiger partial charge in [0.05, 0.1) is 6.61 Å². The molecule has 0 fully saturated rings. The van der Waals surface area contributed by atoms with Gasteiger partial charge in [-0.25, -0.2) is 4.39 Å². The van der Waals surface area contributed by atoms with E-state index in [0.29, 0.717) is 6.61 Å². The third-order valence-electron chi connectivity index (χ3n) is 2.51. The first-order valence-corrected chi connectivity index (χ1v) is 5.72. The van der Waals surface area contributed by atoms with E-state index in [0.717, 1.165) is 5.56 Å². The Labute approximate surface area is 101 Å². The van der Waals surface area contributed by atoms with Gasteiger partial charge in [0.15, 0.2) is 0 Å². The Hall–Kier alpha value is -1.42. The predicted molar refractivity (Wildman–Crippen MR) is 64.0 cm³/mol. The third-order valence-corrected chi connectivity index (χ3v) is 2.51. The highest BCUT2D eigenvalue weighted by Gasteiger charge is 2.16. The summed E-state index contributed by atoms with van der Waals surface area (Å²) in [4.78, 5) is 11.4. The molecule has 0 saturated heterocycles. The fourth-order valence-corrected chi connectivity index (χ4v) is 1.56. The molecule has 0 saturated carbocycles. The van der Waals surface area contributed by atoms with Crippen LogP contribution in [0, 0.1) is 5.82 Å². The maximum Gasteiger partial charge on any atom is 0.322 e. The zero-order chi connectivity index (χ0) is 12.8. The van der Waals surface area contributed by atoms with Gasteiger partial charge in [0.2, 0.25) is 0 Å². The molecule has 0 bridgehead atoms. The van der Waals surface area contributed by atoms with Crippen molar-refractivity contribution < 1.29 is 13.9 Å². The molecule has 2 atom stereocenters. The summed E-state index contributed by atoms with van der Waals surface area (Å²) >= 11 is 0. The van der Waals surface area contributed by atoms with Crippen LogP contribution in [-0.2, 0) is 9.53 Å². The molecule has 0 aliphatic heterocycles. The average molecular weight is 239 g/mol. The molecule has 1 aromatic rings. The number of ether oxygens (including phenoxy) is 1. The van der Waals surface area contributed by atoms with Crippen molar-refractivity contribution in [2.75, 3.05) is 6.61 Å². The van der Waals surface area contributed by atoms with E-state index in [2.05, 4.69) is 5.32 Å². The van der Waals surface area contributed by atoms with Crippen molar-refractivity contribution >= 4 is 5.97 Å². The number of hydrogen-bond acceptors (Lipinski definition) is 3. The van der Waals surface area contributed by atoms with Crippen LogP contribution in [0.1, 0.15) is 32.4 Å². The van der Waals surface area contributed by atoms with E-state index in [9.17, 15) is 9.18 Å². The number of hydrogen-bond donors (Lipinski definition) is 1. The molecule has 17 heavy (non-hydrogen) atoms. The Bertz CT molecular complexity index is 364. The van der Waals surface area contributed by atoms with Gasteiger partial charge < -0.3 is 4.74 Å². The van der Waals surface area contributed by atoms with E-state index in [-0.39, 0.29) is 23.9 Å². The van der Waals surface area contributed by atoms with Gasteiger partial charge in [-0.1, -0.05) is 12.1 Å². The summed E-state index contributed by atoms with van der Waals surface area (Å²) in [7, 11) is 0. The monoisotopic (exact) mass is 239 g/mol. The van der Waals surface area contributed by atoms with Crippen LogP contribution in [0.5, 0.6) is 0 Å².